The molecule has 3 aromatic carbocycles. The highest BCUT2D eigenvalue weighted by Gasteiger charge is 2.21. The standard InChI is InChI=1S/C26H29N3O5S/c1-4-24(34-21-16-14-20(15-17-21)29(2)35(3,32)33)26(31)28-23-13-9-8-12-22(23)25(30)27-18-19-10-6-5-7-11-19/h5-17,24H,4,18H2,1-3H3,(H,27,30)(H,28,31)/t24-/m1/s1. The number of amides is 2. The Labute approximate surface area is 206 Å². The molecule has 0 saturated heterocycles. The molecule has 1 atom stereocenters. The molecule has 0 aliphatic heterocycles. The van der Waals surface area contributed by atoms with E-state index in [-0.39, 0.29) is 5.91 Å². The van der Waals surface area contributed by atoms with E-state index in [1.165, 1.54) is 7.05 Å². The highest BCUT2D eigenvalue weighted by atomic mass is 32.2. The smallest absolute Gasteiger partial charge is 0.265 e. The van der Waals surface area contributed by atoms with Crippen molar-refractivity contribution in [3.05, 3.63) is 90.0 Å². The molecule has 0 unspecified atom stereocenters. The van der Waals surface area contributed by atoms with Gasteiger partial charge in [0.05, 0.1) is 23.2 Å². The maximum Gasteiger partial charge on any atom is 0.265 e. The number of benzene rings is 3. The van der Waals surface area contributed by atoms with Crippen molar-refractivity contribution in [2.45, 2.75) is 26.0 Å². The van der Waals surface area contributed by atoms with Crippen LogP contribution in [-0.4, -0.2) is 39.6 Å². The molecular formula is C26H29N3O5S. The number of rotatable bonds is 10. The van der Waals surface area contributed by atoms with Gasteiger partial charge in [0, 0.05) is 13.6 Å². The molecule has 0 spiro atoms. The van der Waals surface area contributed by atoms with E-state index < -0.39 is 22.0 Å². The number of sulfonamides is 1. The van der Waals surface area contributed by atoms with E-state index in [4.69, 9.17) is 4.74 Å². The molecule has 2 amide bonds. The number of ether oxygens (including phenoxy) is 1. The lowest BCUT2D eigenvalue weighted by atomic mass is 10.1. The van der Waals surface area contributed by atoms with E-state index in [0.29, 0.717) is 35.7 Å². The minimum Gasteiger partial charge on any atom is -0.481 e. The Balaban J connectivity index is 1.66. The lowest BCUT2D eigenvalue weighted by Gasteiger charge is -2.20. The van der Waals surface area contributed by atoms with Crippen LogP contribution in [0.1, 0.15) is 29.3 Å². The highest BCUT2D eigenvalue weighted by molar-refractivity contribution is 7.92. The van der Waals surface area contributed by atoms with E-state index in [1.54, 1.807) is 48.5 Å². The second-order valence-electron chi connectivity index (χ2n) is 7.94. The molecule has 0 bridgehead atoms. The second-order valence-corrected chi connectivity index (χ2v) is 9.96. The van der Waals surface area contributed by atoms with Crippen molar-refractivity contribution < 1.29 is 22.7 Å². The van der Waals surface area contributed by atoms with Gasteiger partial charge < -0.3 is 15.4 Å². The molecule has 9 heteroatoms. The van der Waals surface area contributed by atoms with Gasteiger partial charge >= 0.3 is 0 Å². The zero-order valence-electron chi connectivity index (χ0n) is 19.9. The highest BCUT2D eigenvalue weighted by Crippen LogP contribution is 2.22. The van der Waals surface area contributed by atoms with Gasteiger partial charge in [0.1, 0.15) is 5.75 Å². The first kappa shape index (κ1) is 25.8. The molecule has 2 N–H and O–H groups in total. The van der Waals surface area contributed by atoms with Gasteiger partial charge in [0.2, 0.25) is 10.0 Å². The summed E-state index contributed by atoms with van der Waals surface area (Å²) < 4.78 is 30.4. The number of carbonyl (C=O) groups is 2. The maximum atomic E-state index is 13.0. The van der Waals surface area contributed by atoms with E-state index >= 15 is 0 Å². The summed E-state index contributed by atoms with van der Waals surface area (Å²) in [6.07, 6.45) is 0.697. The van der Waals surface area contributed by atoms with Crippen LogP contribution in [0.25, 0.3) is 0 Å². The molecule has 0 aliphatic carbocycles. The number of hydrogen-bond acceptors (Lipinski definition) is 5. The maximum absolute atomic E-state index is 13.0. The molecule has 3 aromatic rings. The lowest BCUT2D eigenvalue weighted by Crippen LogP contribution is -2.33. The summed E-state index contributed by atoms with van der Waals surface area (Å²) in [6, 6.07) is 22.8. The zero-order chi connectivity index (χ0) is 25.4. The third-order valence-electron chi connectivity index (χ3n) is 5.36. The Morgan fingerprint density at radius 3 is 2.20 bits per heavy atom. The summed E-state index contributed by atoms with van der Waals surface area (Å²) in [5.74, 6) is -0.274. The van der Waals surface area contributed by atoms with Gasteiger partial charge in [-0.3, -0.25) is 13.9 Å². The first-order chi connectivity index (χ1) is 16.7. The second kappa shape index (κ2) is 11.5. The minimum absolute atomic E-state index is 0.302. The Hall–Kier alpha value is -3.85. The van der Waals surface area contributed by atoms with Crippen molar-refractivity contribution in [2.75, 3.05) is 22.9 Å². The van der Waals surface area contributed by atoms with Crippen molar-refractivity contribution in [1.29, 1.82) is 0 Å². The van der Waals surface area contributed by atoms with Crippen LogP contribution in [0.2, 0.25) is 0 Å². The predicted octanol–water partition coefficient (Wildman–Crippen LogP) is 3.81. The summed E-state index contributed by atoms with van der Waals surface area (Å²) in [5.41, 5.74) is 2.18. The van der Waals surface area contributed by atoms with E-state index in [9.17, 15) is 18.0 Å². The summed E-state index contributed by atoms with van der Waals surface area (Å²) in [7, 11) is -1.92. The molecule has 0 fully saturated rings. The van der Waals surface area contributed by atoms with Crippen molar-refractivity contribution in [1.82, 2.24) is 5.32 Å². The first-order valence-corrected chi connectivity index (χ1v) is 13.0. The van der Waals surface area contributed by atoms with Crippen molar-refractivity contribution in [3.8, 4) is 5.75 Å². The van der Waals surface area contributed by atoms with Crippen LogP contribution >= 0.6 is 0 Å². The van der Waals surface area contributed by atoms with Crippen LogP contribution in [0.4, 0.5) is 11.4 Å². The Morgan fingerprint density at radius 1 is 0.943 bits per heavy atom. The molecular weight excluding hydrogens is 466 g/mol. The van der Waals surface area contributed by atoms with Gasteiger partial charge in [0.25, 0.3) is 11.8 Å². The lowest BCUT2D eigenvalue weighted by molar-refractivity contribution is -0.122. The third-order valence-corrected chi connectivity index (χ3v) is 6.57. The van der Waals surface area contributed by atoms with Crippen LogP contribution in [0.5, 0.6) is 5.75 Å². The van der Waals surface area contributed by atoms with Gasteiger partial charge in [0.15, 0.2) is 6.10 Å². The zero-order valence-corrected chi connectivity index (χ0v) is 20.7. The fourth-order valence-electron chi connectivity index (χ4n) is 3.29. The van der Waals surface area contributed by atoms with Crippen LogP contribution in [0.3, 0.4) is 0 Å². The minimum atomic E-state index is -3.38. The topological polar surface area (TPSA) is 105 Å². The number of nitrogens with one attached hydrogen (secondary N) is 2. The average Bonchev–Trinajstić information content (AvgIpc) is 2.86. The molecule has 8 nitrogen and oxygen atoms in total. The molecule has 0 aromatic heterocycles. The number of nitrogens with zero attached hydrogens (tertiary/aromatic N) is 1. The SMILES string of the molecule is CC[C@@H](Oc1ccc(N(C)S(C)(=O)=O)cc1)C(=O)Nc1ccccc1C(=O)NCc1ccccc1. The molecule has 35 heavy (non-hydrogen) atoms. The largest absolute Gasteiger partial charge is 0.481 e. The average molecular weight is 496 g/mol. The fraction of sp³-hybridized carbons (Fsp3) is 0.231. The Kier molecular flexibility index (Phi) is 8.48. The quantitative estimate of drug-likeness (QED) is 0.445. The Bertz CT molecular complexity index is 1260. The Morgan fingerprint density at radius 2 is 1.57 bits per heavy atom. The fourth-order valence-corrected chi connectivity index (χ4v) is 3.79. The van der Waals surface area contributed by atoms with Gasteiger partial charge in [-0.15, -0.1) is 0 Å². The van der Waals surface area contributed by atoms with Crippen LogP contribution < -0.4 is 19.7 Å². The first-order valence-electron chi connectivity index (χ1n) is 11.1. The van der Waals surface area contributed by atoms with Crippen molar-refractivity contribution >= 4 is 33.2 Å². The third kappa shape index (κ3) is 7.07. The van der Waals surface area contributed by atoms with E-state index in [0.717, 1.165) is 16.1 Å². The van der Waals surface area contributed by atoms with E-state index in [2.05, 4.69) is 10.6 Å². The summed E-state index contributed by atoms with van der Waals surface area (Å²) in [5, 5.41) is 5.67. The van der Waals surface area contributed by atoms with Crippen molar-refractivity contribution in [2.24, 2.45) is 0 Å². The molecule has 0 heterocycles. The molecule has 0 saturated carbocycles. The summed E-state index contributed by atoms with van der Waals surface area (Å²) in [4.78, 5) is 25.7. The summed E-state index contributed by atoms with van der Waals surface area (Å²) >= 11 is 0. The van der Waals surface area contributed by atoms with Crippen LogP contribution in [-0.2, 0) is 21.4 Å². The van der Waals surface area contributed by atoms with Gasteiger partial charge in [-0.05, 0) is 48.4 Å². The molecule has 0 aliphatic rings. The monoisotopic (exact) mass is 495 g/mol. The number of hydrogen-bond donors (Lipinski definition) is 2. The predicted molar refractivity (Wildman–Crippen MR) is 137 cm³/mol. The number of para-hydroxylation sites is 1. The normalized spacial score (nSPS) is 11.9. The van der Waals surface area contributed by atoms with Gasteiger partial charge in [-0.25, -0.2) is 8.42 Å². The van der Waals surface area contributed by atoms with Crippen LogP contribution in [0, 0.1) is 0 Å². The number of carbonyl (C=O) groups excluding carboxylic acids is 2. The number of anilines is 2. The van der Waals surface area contributed by atoms with E-state index in [1.807, 2.05) is 37.3 Å². The van der Waals surface area contributed by atoms with Gasteiger partial charge in [-0.2, -0.15) is 0 Å². The van der Waals surface area contributed by atoms with Crippen molar-refractivity contribution in [3.63, 3.8) is 0 Å². The van der Waals surface area contributed by atoms with Crippen LogP contribution in [0.15, 0.2) is 78.9 Å². The molecule has 0 radical (unpaired) electrons. The summed E-state index contributed by atoms with van der Waals surface area (Å²) in [6.45, 7) is 2.18. The molecule has 3 rings (SSSR count). The van der Waals surface area contributed by atoms with Gasteiger partial charge in [-0.1, -0.05) is 49.4 Å². The molecule has 184 valence electrons.